The van der Waals surface area contributed by atoms with Crippen LogP contribution in [0.15, 0.2) is 47.4 Å². The van der Waals surface area contributed by atoms with Gasteiger partial charge in [-0.05, 0) is 62.2 Å². The molecule has 1 aromatic heterocycles. The molecule has 0 radical (unpaired) electrons. The topological polar surface area (TPSA) is 105 Å². The van der Waals surface area contributed by atoms with Crippen LogP contribution in [-0.2, 0) is 10.0 Å². The first kappa shape index (κ1) is 18.2. The number of carbonyl (C=O) groups excluding carboxylic acids is 1. The molecule has 0 saturated carbocycles. The summed E-state index contributed by atoms with van der Waals surface area (Å²) in [5, 5.41) is 9.08. The van der Waals surface area contributed by atoms with Crippen molar-refractivity contribution in [2.24, 2.45) is 5.14 Å². The van der Waals surface area contributed by atoms with Gasteiger partial charge in [0.1, 0.15) is 0 Å². The number of carbonyl (C=O) groups is 1. The summed E-state index contributed by atoms with van der Waals surface area (Å²) in [7, 11) is -3.78. The molecule has 0 aliphatic heterocycles. The number of nitrogens with two attached hydrogens (primary N) is 1. The van der Waals surface area contributed by atoms with E-state index in [9.17, 15) is 13.2 Å². The molecular formula is C19H21N3O3S. The second-order valence-corrected chi connectivity index (χ2v) is 8.01. The number of aryl methyl sites for hydroxylation is 2. The molecule has 0 saturated heterocycles. The number of amides is 1. The molecule has 136 valence electrons. The number of nitrogens with one attached hydrogen (secondary N) is 2. The van der Waals surface area contributed by atoms with Crippen molar-refractivity contribution in [3.8, 4) is 0 Å². The van der Waals surface area contributed by atoms with Crippen LogP contribution in [0.5, 0.6) is 0 Å². The minimum atomic E-state index is -3.78. The van der Waals surface area contributed by atoms with Crippen molar-refractivity contribution in [1.29, 1.82) is 0 Å². The van der Waals surface area contributed by atoms with E-state index in [1.54, 1.807) is 25.1 Å². The summed E-state index contributed by atoms with van der Waals surface area (Å²) < 4.78 is 23.0. The van der Waals surface area contributed by atoms with Crippen molar-refractivity contribution in [1.82, 2.24) is 10.3 Å². The molecule has 4 N–H and O–H groups in total. The molecule has 0 spiro atoms. The summed E-state index contributed by atoms with van der Waals surface area (Å²) in [5.41, 5.74) is 4.40. The highest BCUT2D eigenvalue weighted by Crippen LogP contribution is 2.23. The maximum Gasteiger partial charge on any atom is 0.251 e. The Balaban J connectivity index is 1.85. The first-order valence-corrected chi connectivity index (χ1v) is 9.74. The largest absolute Gasteiger partial charge is 0.358 e. The third-order valence-corrected chi connectivity index (χ3v) is 5.52. The lowest BCUT2D eigenvalue weighted by atomic mass is 10.1. The maximum absolute atomic E-state index is 12.6. The van der Waals surface area contributed by atoms with Gasteiger partial charge in [-0.15, -0.1) is 0 Å². The van der Waals surface area contributed by atoms with Crippen LogP contribution >= 0.6 is 0 Å². The summed E-state index contributed by atoms with van der Waals surface area (Å²) in [6.07, 6.45) is 0. The van der Waals surface area contributed by atoms with Crippen molar-refractivity contribution in [3.63, 3.8) is 0 Å². The van der Waals surface area contributed by atoms with E-state index in [0.717, 1.165) is 22.2 Å². The van der Waals surface area contributed by atoms with E-state index in [-0.39, 0.29) is 16.8 Å². The van der Waals surface area contributed by atoms with Gasteiger partial charge in [-0.25, -0.2) is 13.6 Å². The van der Waals surface area contributed by atoms with Gasteiger partial charge in [0.25, 0.3) is 5.91 Å². The number of sulfonamides is 1. The predicted molar refractivity (Wildman–Crippen MR) is 101 cm³/mol. The first-order chi connectivity index (χ1) is 12.2. The molecule has 1 unspecified atom stereocenters. The van der Waals surface area contributed by atoms with Crippen LogP contribution < -0.4 is 10.5 Å². The Morgan fingerprint density at radius 2 is 1.88 bits per heavy atom. The number of aromatic amines is 1. The minimum absolute atomic E-state index is 0.0240. The van der Waals surface area contributed by atoms with Crippen LogP contribution in [0, 0.1) is 13.8 Å². The number of primary sulfonamides is 1. The second-order valence-electron chi connectivity index (χ2n) is 6.45. The zero-order chi connectivity index (χ0) is 19.1. The normalized spacial score (nSPS) is 12.9. The van der Waals surface area contributed by atoms with E-state index in [0.29, 0.717) is 11.1 Å². The number of hydrogen-bond acceptors (Lipinski definition) is 3. The summed E-state index contributed by atoms with van der Waals surface area (Å²) in [6.45, 7) is 5.80. The summed E-state index contributed by atoms with van der Waals surface area (Å²) in [4.78, 5) is 15.9. The molecule has 3 rings (SSSR count). The van der Waals surface area contributed by atoms with Crippen LogP contribution in [-0.4, -0.2) is 19.3 Å². The summed E-state index contributed by atoms with van der Waals surface area (Å²) in [6, 6.07) is 11.4. The third-order valence-electron chi connectivity index (χ3n) is 4.60. The summed E-state index contributed by atoms with van der Waals surface area (Å²) in [5.74, 6) is -0.223. The molecule has 2 aromatic carbocycles. The van der Waals surface area contributed by atoms with Gasteiger partial charge in [0.15, 0.2) is 0 Å². The Kier molecular flexibility index (Phi) is 4.60. The lowest BCUT2D eigenvalue weighted by Gasteiger charge is -2.15. The lowest BCUT2D eigenvalue weighted by molar-refractivity contribution is 0.0940. The van der Waals surface area contributed by atoms with Gasteiger partial charge in [0.2, 0.25) is 10.0 Å². The highest BCUT2D eigenvalue weighted by atomic mass is 32.2. The fourth-order valence-electron chi connectivity index (χ4n) is 2.93. The Hall–Kier alpha value is -2.64. The van der Waals surface area contributed by atoms with Crippen molar-refractivity contribution < 1.29 is 13.2 Å². The van der Waals surface area contributed by atoms with Crippen LogP contribution in [0.3, 0.4) is 0 Å². The van der Waals surface area contributed by atoms with Gasteiger partial charge in [-0.1, -0.05) is 12.1 Å². The zero-order valence-corrected chi connectivity index (χ0v) is 15.6. The van der Waals surface area contributed by atoms with E-state index < -0.39 is 10.0 Å². The average Bonchev–Trinajstić information content (AvgIpc) is 2.88. The number of benzene rings is 2. The molecule has 6 nitrogen and oxygen atoms in total. The SMILES string of the molecule is Cc1[nH]c2ccc(C(=O)NC(C)c3cccc(S(N)(=O)=O)c3)cc2c1C. The van der Waals surface area contributed by atoms with E-state index in [1.807, 2.05) is 26.0 Å². The first-order valence-electron chi connectivity index (χ1n) is 8.19. The lowest BCUT2D eigenvalue weighted by Crippen LogP contribution is -2.26. The Morgan fingerprint density at radius 3 is 2.58 bits per heavy atom. The van der Waals surface area contributed by atoms with Crippen molar-refractivity contribution in [2.45, 2.75) is 31.7 Å². The second kappa shape index (κ2) is 6.59. The Morgan fingerprint density at radius 1 is 1.15 bits per heavy atom. The highest BCUT2D eigenvalue weighted by molar-refractivity contribution is 7.89. The fourth-order valence-corrected chi connectivity index (χ4v) is 3.50. The van der Waals surface area contributed by atoms with E-state index in [2.05, 4.69) is 10.3 Å². The van der Waals surface area contributed by atoms with Gasteiger partial charge in [-0.2, -0.15) is 0 Å². The van der Waals surface area contributed by atoms with Crippen molar-refractivity contribution in [3.05, 3.63) is 64.8 Å². The number of aromatic nitrogens is 1. The van der Waals surface area contributed by atoms with Crippen LogP contribution in [0.2, 0.25) is 0 Å². The molecule has 0 bridgehead atoms. The molecule has 1 amide bonds. The van der Waals surface area contributed by atoms with Crippen LogP contribution in [0.4, 0.5) is 0 Å². The Bertz CT molecular complexity index is 1100. The van der Waals surface area contributed by atoms with Crippen molar-refractivity contribution in [2.75, 3.05) is 0 Å². The fraction of sp³-hybridized carbons (Fsp3) is 0.211. The Labute approximate surface area is 152 Å². The van der Waals surface area contributed by atoms with E-state index in [4.69, 9.17) is 5.14 Å². The monoisotopic (exact) mass is 371 g/mol. The molecule has 7 heteroatoms. The molecule has 26 heavy (non-hydrogen) atoms. The minimum Gasteiger partial charge on any atom is -0.358 e. The quantitative estimate of drug-likeness (QED) is 0.656. The molecule has 0 aliphatic carbocycles. The molecule has 3 aromatic rings. The smallest absolute Gasteiger partial charge is 0.251 e. The van der Waals surface area contributed by atoms with Crippen molar-refractivity contribution >= 4 is 26.8 Å². The number of H-pyrrole nitrogens is 1. The predicted octanol–water partition coefficient (Wildman–Crippen LogP) is 2.92. The number of rotatable bonds is 4. The summed E-state index contributed by atoms with van der Waals surface area (Å²) >= 11 is 0. The van der Waals surface area contributed by atoms with E-state index >= 15 is 0 Å². The highest BCUT2D eigenvalue weighted by Gasteiger charge is 2.15. The van der Waals surface area contributed by atoms with Crippen LogP contribution in [0.25, 0.3) is 10.9 Å². The van der Waals surface area contributed by atoms with Gasteiger partial charge in [-0.3, -0.25) is 4.79 Å². The molecule has 1 atom stereocenters. The molecule has 0 aliphatic rings. The van der Waals surface area contributed by atoms with Gasteiger partial charge < -0.3 is 10.3 Å². The molecule has 0 fully saturated rings. The van der Waals surface area contributed by atoms with Gasteiger partial charge >= 0.3 is 0 Å². The molecule has 1 heterocycles. The molecular weight excluding hydrogens is 350 g/mol. The van der Waals surface area contributed by atoms with E-state index in [1.165, 1.54) is 12.1 Å². The van der Waals surface area contributed by atoms with Crippen LogP contribution in [0.1, 0.15) is 40.1 Å². The number of fused-ring (bicyclic) bond motifs is 1. The van der Waals surface area contributed by atoms with Gasteiger partial charge in [0.05, 0.1) is 10.9 Å². The number of hydrogen-bond donors (Lipinski definition) is 3. The third kappa shape index (κ3) is 3.49. The zero-order valence-electron chi connectivity index (χ0n) is 14.8. The standard InChI is InChI=1S/C19H21N3O3S/c1-11-12(2)21-18-8-7-15(10-17(11)18)19(23)22-13(3)14-5-4-6-16(9-14)26(20,24)25/h4-10,13,21H,1-3H3,(H,22,23)(H2,20,24,25). The maximum atomic E-state index is 12.6. The van der Waals surface area contributed by atoms with Gasteiger partial charge in [0, 0.05) is 22.2 Å². The average molecular weight is 371 g/mol.